The van der Waals surface area contributed by atoms with Crippen LogP contribution in [0.2, 0.25) is 0 Å². The smallest absolute Gasteiger partial charge is 0.331 e. The van der Waals surface area contributed by atoms with Gasteiger partial charge in [0.2, 0.25) is 0 Å². The second-order valence-corrected chi connectivity index (χ2v) is 5.97. The molecular formula is C15H11NO2S2. The van der Waals surface area contributed by atoms with Crippen molar-refractivity contribution in [3.8, 4) is 0 Å². The van der Waals surface area contributed by atoms with Crippen molar-refractivity contribution in [2.45, 2.75) is 6.61 Å². The number of para-hydroxylation sites is 1. The number of esters is 1. The zero-order valence-corrected chi connectivity index (χ0v) is 12.1. The van der Waals surface area contributed by atoms with Crippen molar-refractivity contribution in [3.05, 3.63) is 57.7 Å². The van der Waals surface area contributed by atoms with E-state index in [1.54, 1.807) is 28.7 Å². The van der Waals surface area contributed by atoms with Crippen molar-refractivity contribution in [2.24, 2.45) is 0 Å². The molecule has 1 aromatic carbocycles. The van der Waals surface area contributed by atoms with Gasteiger partial charge in [-0.05, 0) is 40.6 Å². The summed E-state index contributed by atoms with van der Waals surface area (Å²) in [5, 5.41) is 4.74. The van der Waals surface area contributed by atoms with E-state index in [0.29, 0.717) is 0 Å². The molecule has 3 rings (SSSR count). The number of ether oxygens (including phenoxy) is 1. The fourth-order valence-corrected chi connectivity index (χ4v) is 3.21. The monoisotopic (exact) mass is 301 g/mol. The van der Waals surface area contributed by atoms with Crippen LogP contribution >= 0.6 is 22.7 Å². The molecule has 0 aliphatic carbocycles. The lowest BCUT2D eigenvalue weighted by Gasteiger charge is -1.97. The standard InChI is InChI=1S/C15H11NO2S2/c17-15(6-5-11-7-8-19-10-11)18-9-14-16-12-3-1-2-4-13(12)20-14/h1-8,10H,9H2/b6-5+. The molecule has 2 heterocycles. The Morgan fingerprint density at radius 3 is 3.00 bits per heavy atom. The summed E-state index contributed by atoms with van der Waals surface area (Å²) in [7, 11) is 0. The molecule has 0 aliphatic rings. The number of hydrogen-bond acceptors (Lipinski definition) is 5. The van der Waals surface area contributed by atoms with Crippen LogP contribution in [0.25, 0.3) is 16.3 Å². The van der Waals surface area contributed by atoms with E-state index in [1.165, 1.54) is 6.08 Å². The predicted octanol–water partition coefficient (Wildman–Crippen LogP) is 4.11. The molecule has 0 radical (unpaired) electrons. The minimum atomic E-state index is -0.351. The summed E-state index contributed by atoms with van der Waals surface area (Å²) < 4.78 is 6.29. The molecule has 0 aliphatic heterocycles. The van der Waals surface area contributed by atoms with Crippen LogP contribution in [0.5, 0.6) is 0 Å². The second kappa shape index (κ2) is 5.98. The molecule has 5 heteroatoms. The Bertz CT molecular complexity index is 711. The number of carbonyl (C=O) groups is 1. The highest BCUT2D eigenvalue weighted by atomic mass is 32.1. The Hall–Kier alpha value is -1.98. The van der Waals surface area contributed by atoms with E-state index in [4.69, 9.17) is 4.74 Å². The van der Waals surface area contributed by atoms with Gasteiger partial charge in [-0.15, -0.1) is 11.3 Å². The van der Waals surface area contributed by atoms with Crippen molar-refractivity contribution >= 4 is 44.9 Å². The Balaban J connectivity index is 1.60. The average molecular weight is 301 g/mol. The Labute approximate surface area is 124 Å². The van der Waals surface area contributed by atoms with Crippen LogP contribution in [0.3, 0.4) is 0 Å². The maximum absolute atomic E-state index is 11.6. The summed E-state index contributed by atoms with van der Waals surface area (Å²) >= 11 is 3.14. The molecule has 0 saturated heterocycles. The topological polar surface area (TPSA) is 39.2 Å². The molecule has 0 amide bonds. The molecule has 0 fully saturated rings. The highest BCUT2D eigenvalue weighted by molar-refractivity contribution is 7.18. The van der Waals surface area contributed by atoms with Gasteiger partial charge in [0.25, 0.3) is 0 Å². The van der Waals surface area contributed by atoms with Crippen molar-refractivity contribution in [1.29, 1.82) is 0 Å². The predicted molar refractivity (Wildman–Crippen MR) is 82.8 cm³/mol. The van der Waals surface area contributed by atoms with Gasteiger partial charge in [0.05, 0.1) is 10.2 Å². The van der Waals surface area contributed by atoms with Gasteiger partial charge in [-0.3, -0.25) is 0 Å². The van der Waals surface area contributed by atoms with Gasteiger partial charge in [0.1, 0.15) is 11.6 Å². The molecule has 3 nitrogen and oxygen atoms in total. The van der Waals surface area contributed by atoms with Crippen molar-refractivity contribution < 1.29 is 9.53 Å². The number of thiazole rings is 1. The lowest BCUT2D eigenvalue weighted by atomic mass is 10.3. The van der Waals surface area contributed by atoms with Gasteiger partial charge in [-0.2, -0.15) is 11.3 Å². The highest BCUT2D eigenvalue weighted by Crippen LogP contribution is 2.22. The van der Waals surface area contributed by atoms with Crippen LogP contribution in [-0.4, -0.2) is 11.0 Å². The van der Waals surface area contributed by atoms with Crippen LogP contribution in [-0.2, 0) is 16.1 Å². The lowest BCUT2D eigenvalue weighted by Crippen LogP contribution is -2.00. The fourth-order valence-electron chi connectivity index (χ4n) is 1.70. The van der Waals surface area contributed by atoms with Crippen molar-refractivity contribution in [1.82, 2.24) is 4.98 Å². The quantitative estimate of drug-likeness (QED) is 0.537. The van der Waals surface area contributed by atoms with E-state index in [0.717, 1.165) is 20.8 Å². The van der Waals surface area contributed by atoms with Crippen molar-refractivity contribution in [3.63, 3.8) is 0 Å². The molecule has 100 valence electrons. The van der Waals surface area contributed by atoms with Gasteiger partial charge in [0, 0.05) is 6.08 Å². The van der Waals surface area contributed by atoms with E-state index < -0.39 is 0 Å². The largest absolute Gasteiger partial charge is 0.455 e. The van der Waals surface area contributed by atoms with Crippen LogP contribution in [0.4, 0.5) is 0 Å². The Morgan fingerprint density at radius 1 is 1.30 bits per heavy atom. The summed E-state index contributed by atoms with van der Waals surface area (Å²) in [6.07, 6.45) is 3.19. The number of benzene rings is 1. The third-order valence-corrected chi connectivity index (χ3v) is 4.34. The molecule has 20 heavy (non-hydrogen) atoms. The average Bonchev–Trinajstić information content (AvgIpc) is 3.11. The Morgan fingerprint density at radius 2 is 2.20 bits per heavy atom. The van der Waals surface area contributed by atoms with E-state index in [1.807, 2.05) is 41.1 Å². The molecule has 0 atom stereocenters. The number of aromatic nitrogens is 1. The molecule has 3 aromatic rings. The summed E-state index contributed by atoms with van der Waals surface area (Å²) in [5.74, 6) is -0.351. The van der Waals surface area contributed by atoms with Crippen LogP contribution < -0.4 is 0 Å². The second-order valence-electron chi connectivity index (χ2n) is 4.07. The van der Waals surface area contributed by atoms with Gasteiger partial charge in [-0.1, -0.05) is 12.1 Å². The summed E-state index contributed by atoms with van der Waals surface area (Å²) in [6.45, 7) is 0.214. The summed E-state index contributed by atoms with van der Waals surface area (Å²) in [5.41, 5.74) is 1.95. The molecule has 2 aromatic heterocycles. The van der Waals surface area contributed by atoms with Crippen LogP contribution in [0, 0.1) is 0 Å². The first kappa shape index (κ1) is 13.0. The van der Waals surface area contributed by atoms with E-state index >= 15 is 0 Å². The van der Waals surface area contributed by atoms with Crippen LogP contribution in [0.1, 0.15) is 10.6 Å². The van der Waals surface area contributed by atoms with E-state index in [-0.39, 0.29) is 12.6 Å². The number of carbonyl (C=O) groups excluding carboxylic acids is 1. The van der Waals surface area contributed by atoms with Gasteiger partial charge >= 0.3 is 5.97 Å². The Kier molecular flexibility index (Phi) is 3.90. The molecule has 0 N–H and O–H groups in total. The van der Waals surface area contributed by atoms with E-state index in [2.05, 4.69) is 4.98 Å². The van der Waals surface area contributed by atoms with E-state index in [9.17, 15) is 4.79 Å². The minimum Gasteiger partial charge on any atom is -0.455 e. The third-order valence-electron chi connectivity index (χ3n) is 2.63. The summed E-state index contributed by atoms with van der Waals surface area (Å²) in [6, 6.07) is 9.83. The maximum atomic E-state index is 11.6. The number of fused-ring (bicyclic) bond motifs is 1. The molecular weight excluding hydrogens is 290 g/mol. The SMILES string of the molecule is O=C(/C=C/c1ccsc1)OCc1nc2ccccc2s1. The molecule has 0 spiro atoms. The summed E-state index contributed by atoms with van der Waals surface area (Å²) in [4.78, 5) is 16.0. The molecule has 0 saturated carbocycles. The first-order valence-corrected chi connectivity index (χ1v) is 7.79. The van der Waals surface area contributed by atoms with Gasteiger partial charge in [-0.25, -0.2) is 9.78 Å². The van der Waals surface area contributed by atoms with Crippen molar-refractivity contribution in [2.75, 3.05) is 0 Å². The first-order chi connectivity index (χ1) is 9.81. The van der Waals surface area contributed by atoms with Crippen LogP contribution in [0.15, 0.2) is 47.2 Å². The highest BCUT2D eigenvalue weighted by Gasteiger charge is 2.05. The van der Waals surface area contributed by atoms with Gasteiger partial charge < -0.3 is 4.74 Å². The zero-order valence-electron chi connectivity index (χ0n) is 10.5. The normalized spacial score (nSPS) is 11.2. The number of thiophene rings is 1. The minimum absolute atomic E-state index is 0.214. The number of hydrogen-bond donors (Lipinski definition) is 0. The fraction of sp³-hybridized carbons (Fsp3) is 0.0667. The van der Waals surface area contributed by atoms with Gasteiger partial charge in [0.15, 0.2) is 0 Å². The molecule has 0 unspecified atom stereocenters. The number of rotatable bonds is 4. The maximum Gasteiger partial charge on any atom is 0.331 e. The zero-order chi connectivity index (χ0) is 13.8. The lowest BCUT2D eigenvalue weighted by molar-refractivity contribution is -0.138. The number of nitrogens with zero attached hydrogens (tertiary/aromatic N) is 1. The third kappa shape index (κ3) is 3.12. The first-order valence-electron chi connectivity index (χ1n) is 6.03. The molecule has 0 bridgehead atoms.